The highest BCUT2D eigenvalue weighted by atomic mass is 32.1. The van der Waals surface area contributed by atoms with Crippen LogP contribution in [0.1, 0.15) is 49.7 Å². The lowest BCUT2D eigenvalue weighted by molar-refractivity contribution is 0.132. The third-order valence-corrected chi connectivity index (χ3v) is 4.63. The smallest absolute Gasteiger partial charge is 0.0928 e. The Morgan fingerprint density at radius 1 is 1.50 bits per heavy atom. The largest absolute Gasteiger partial charge is 0.330 e. The van der Waals surface area contributed by atoms with Gasteiger partial charge in [-0.2, -0.15) is 0 Å². The number of thiazole rings is 1. The zero-order valence-electron chi connectivity index (χ0n) is 11.4. The molecule has 0 aromatic carbocycles. The molecule has 0 bridgehead atoms. The molecule has 2 rings (SSSR count). The van der Waals surface area contributed by atoms with Crippen LogP contribution in [-0.4, -0.2) is 29.0 Å². The van der Waals surface area contributed by atoms with E-state index in [2.05, 4.69) is 17.2 Å². The van der Waals surface area contributed by atoms with Crippen molar-refractivity contribution < 1.29 is 0 Å². The number of hydrogen-bond acceptors (Lipinski definition) is 4. The van der Waals surface area contributed by atoms with Crippen LogP contribution in [0.2, 0.25) is 0 Å². The number of aryl methyl sites for hydroxylation is 1. The van der Waals surface area contributed by atoms with Gasteiger partial charge in [-0.15, -0.1) is 11.3 Å². The molecule has 3 nitrogen and oxygen atoms in total. The van der Waals surface area contributed by atoms with Gasteiger partial charge in [0, 0.05) is 18.0 Å². The van der Waals surface area contributed by atoms with Crippen LogP contribution in [0.3, 0.4) is 0 Å². The van der Waals surface area contributed by atoms with Gasteiger partial charge in [0.2, 0.25) is 0 Å². The van der Waals surface area contributed by atoms with Gasteiger partial charge in [0.05, 0.1) is 10.7 Å². The summed E-state index contributed by atoms with van der Waals surface area (Å²) in [5, 5.41) is 3.53. The molecule has 1 aromatic heterocycles. The van der Waals surface area contributed by atoms with Gasteiger partial charge in [-0.25, -0.2) is 4.98 Å². The summed E-state index contributed by atoms with van der Waals surface area (Å²) in [6.45, 7) is 5.25. The maximum atomic E-state index is 5.72. The highest BCUT2D eigenvalue weighted by molar-refractivity contribution is 7.09. The normalized spacial score (nSPS) is 21.3. The minimum absolute atomic E-state index is 0.681. The zero-order chi connectivity index (χ0) is 12.8. The van der Waals surface area contributed by atoms with Crippen molar-refractivity contribution >= 4 is 11.3 Å². The molecule has 4 heteroatoms. The summed E-state index contributed by atoms with van der Waals surface area (Å²) in [6.07, 6.45) is 7.44. The number of likely N-dealkylation sites (tertiary alicyclic amines) is 1. The van der Waals surface area contributed by atoms with Crippen molar-refractivity contribution in [3.8, 4) is 0 Å². The Morgan fingerprint density at radius 2 is 2.39 bits per heavy atom. The third-order valence-electron chi connectivity index (χ3n) is 3.68. The SMILES string of the molecule is CCCc1nc(CN2CCCCC2CCN)cs1. The van der Waals surface area contributed by atoms with E-state index in [9.17, 15) is 0 Å². The number of piperidine rings is 1. The highest BCUT2D eigenvalue weighted by Gasteiger charge is 2.22. The summed E-state index contributed by atoms with van der Waals surface area (Å²) in [7, 11) is 0. The lowest BCUT2D eigenvalue weighted by Gasteiger charge is -2.35. The van der Waals surface area contributed by atoms with Crippen LogP contribution in [0, 0.1) is 0 Å². The zero-order valence-corrected chi connectivity index (χ0v) is 12.2. The molecule has 1 aromatic rings. The number of hydrogen-bond donors (Lipinski definition) is 1. The summed E-state index contributed by atoms with van der Waals surface area (Å²) in [5.41, 5.74) is 6.98. The van der Waals surface area contributed by atoms with Crippen LogP contribution in [-0.2, 0) is 13.0 Å². The van der Waals surface area contributed by atoms with Crippen molar-refractivity contribution in [2.24, 2.45) is 5.73 Å². The van der Waals surface area contributed by atoms with Crippen LogP contribution >= 0.6 is 11.3 Å². The average molecular weight is 267 g/mol. The number of nitrogens with zero attached hydrogens (tertiary/aromatic N) is 2. The predicted molar refractivity (Wildman–Crippen MR) is 77.8 cm³/mol. The van der Waals surface area contributed by atoms with Gasteiger partial charge in [0.25, 0.3) is 0 Å². The lowest BCUT2D eigenvalue weighted by Crippen LogP contribution is -2.40. The fourth-order valence-electron chi connectivity index (χ4n) is 2.75. The first-order valence-corrected chi connectivity index (χ1v) is 8.08. The molecule has 0 spiro atoms. The maximum absolute atomic E-state index is 5.72. The number of aromatic nitrogens is 1. The standard InChI is InChI=1S/C14H25N3S/c1-2-5-14-16-12(11-18-14)10-17-9-4-3-6-13(17)7-8-15/h11,13H,2-10,15H2,1H3. The second-order valence-corrected chi connectivity index (χ2v) is 6.12. The van der Waals surface area contributed by atoms with Crippen molar-refractivity contribution in [1.29, 1.82) is 0 Å². The molecule has 102 valence electrons. The number of rotatable bonds is 6. The molecule has 0 saturated carbocycles. The topological polar surface area (TPSA) is 42.2 Å². The molecule has 1 aliphatic rings. The van der Waals surface area contributed by atoms with Gasteiger partial charge < -0.3 is 5.73 Å². The highest BCUT2D eigenvalue weighted by Crippen LogP contribution is 2.22. The Kier molecular flexibility index (Phi) is 5.60. The van der Waals surface area contributed by atoms with E-state index in [1.807, 2.05) is 11.3 Å². The van der Waals surface area contributed by atoms with Crippen molar-refractivity contribution in [2.45, 2.75) is 58.0 Å². The Labute approximate surface area is 114 Å². The molecule has 2 N–H and O–H groups in total. The molecule has 1 fully saturated rings. The summed E-state index contributed by atoms with van der Waals surface area (Å²) in [5.74, 6) is 0. The summed E-state index contributed by atoms with van der Waals surface area (Å²) < 4.78 is 0. The van der Waals surface area contributed by atoms with Crippen molar-refractivity contribution in [2.75, 3.05) is 13.1 Å². The van der Waals surface area contributed by atoms with E-state index >= 15 is 0 Å². The fourth-order valence-corrected chi connectivity index (χ4v) is 3.64. The van der Waals surface area contributed by atoms with Crippen LogP contribution < -0.4 is 5.73 Å². The molecule has 18 heavy (non-hydrogen) atoms. The molecule has 1 atom stereocenters. The second kappa shape index (κ2) is 7.22. The monoisotopic (exact) mass is 267 g/mol. The first-order valence-electron chi connectivity index (χ1n) is 7.21. The van der Waals surface area contributed by atoms with Crippen molar-refractivity contribution in [1.82, 2.24) is 9.88 Å². The minimum Gasteiger partial charge on any atom is -0.330 e. The van der Waals surface area contributed by atoms with Crippen LogP contribution in [0.15, 0.2) is 5.38 Å². The molecule has 0 aliphatic carbocycles. The van der Waals surface area contributed by atoms with Gasteiger partial charge in [-0.05, 0) is 45.2 Å². The van der Waals surface area contributed by atoms with E-state index in [-0.39, 0.29) is 0 Å². The van der Waals surface area contributed by atoms with Gasteiger partial charge in [-0.3, -0.25) is 4.90 Å². The lowest BCUT2D eigenvalue weighted by atomic mass is 9.99. The van der Waals surface area contributed by atoms with Crippen molar-refractivity contribution in [3.05, 3.63) is 16.1 Å². The van der Waals surface area contributed by atoms with Gasteiger partial charge in [0.1, 0.15) is 0 Å². The summed E-state index contributed by atoms with van der Waals surface area (Å²) in [6, 6.07) is 0.681. The van der Waals surface area contributed by atoms with E-state index in [1.165, 1.54) is 42.9 Å². The Balaban J connectivity index is 1.92. The van der Waals surface area contributed by atoms with Crippen LogP contribution in [0.25, 0.3) is 0 Å². The minimum atomic E-state index is 0.681. The fraction of sp³-hybridized carbons (Fsp3) is 0.786. The molecular weight excluding hydrogens is 242 g/mol. The van der Waals surface area contributed by atoms with E-state index in [1.54, 1.807) is 0 Å². The third kappa shape index (κ3) is 3.77. The molecule has 0 radical (unpaired) electrons. The Morgan fingerprint density at radius 3 is 3.17 bits per heavy atom. The molecule has 1 saturated heterocycles. The first-order chi connectivity index (χ1) is 8.83. The molecular formula is C14H25N3S. The van der Waals surface area contributed by atoms with Crippen LogP contribution in [0.4, 0.5) is 0 Å². The van der Waals surface area contributed by atoms with Gasteiger partial charge >= 0.3 is 0 Å². The Bertz CT molecular complexity index is 349. The average Bonchev–Trinajstić information content (AvgIpc) is 2.80. The molecule has 1 aliphatic heterocycles. The summed E-state index contributed by atoms with van der Waals surface area (Å²) >= 11 is 1.81. The van der Waals surface area contributed by atoms with E-state index < -0.39 is 0 Å². The summed E-state index contributed by atoms with van der Waals surface area (Å²) in [4.78, 5) is 7.32. The van der Waals surface area contributed by atoms with E-state index in [4.69, 9.17) is 10.7 Å². The Hall–Kier alpha value is -0.450. The quantitative estimate of drug-likeness (QED) is 0.862. The number of nitrogens with two attached hydrogens (primary N) is 1. The predicted octanol–water partition coefficient (Wildman–Crippen LogP) is 2.80. The second-order valence-electron chi connectivity index (χ2n) is 5.18. The van der Waals surface area contributed by atoms with Gasteiger partial charge in [0.15, 0.2) is 0 Å². The van der Waals surface area contributed by atoms with E-state index in [0.29, 0.717) is 6.04 Å². The molecule has 1 unspecified atom stereocenters. The molecule has 0 amide bonds. The first kappa shape index (κ1) is 14.0. The van der Waals surface area contributed by atoms with E-state index in [0.717, 1.165) is 25.9 Å². The van der Waals surface area contributed by atoms with Crippen LogP contribution in [0.5, 0.6) is 0 Å². The maximum Gasteiger partial charge on any atom is 0.0928 e. The van der Waals surface area contributed by atoms with Crippen molar-refractivity contribution in [3.63, 3.8) is 0 Å². The molecule has 2 heterocycles. The van der Waals surface area contributed by atoms with Gasteiger partial charge in [-0.1, -0.05) is 13.3 Å².